The largest absolute Gasteiger partial charge is 0.481 e. The number of rotatable bonds is 6. The van der Waals surface area contributed by atoms with E-state index in [1.54, 1.807) is 12.1 Å². The van der Waals surface area contributed by atoms with Crippen molar-refractivity contribution in [2.24, 2.45) is 11.8 Å². The molecule has 1 aromatic carbocycles. The first-order chi connectivity index (χ1) is 8.00. The van der Waals surface area contributed by atoms with Gasteiger partial charge in [0, 0.05) is 0 Å². The van der Waals surface area contributed by atoms with Gasteiger partial charge in [-0.25, -0.2) is 4.39 Å². The number of carboxylic acid groups (broad SMARTS) is 1. The van der Waals surface area contributed by atoms with Gasteiger partial charge in [-0.1, -0.05) is 26.0 Å². The van der Waals surface area contributed by atoms with E-state index in [0.29, 0.717) is 6.42 Å². The molecule has 0 fully saturated rings. The highest BCUT2D eigenvalue weighted by Gasteiger charge is 2.20. The quantitative estimate of drug-likeness (QED) is 0.823. The summed E-state index contributed by atoms with van der Waals surface area (Å²) in [6, 6.07) is 6.37. The van der Waals surface area contributed by atoms with Gasteiger partial charge in [-0.2, -0.15) is 0 Å². The lowest BCUT2D eigenvalue weighted by molar-refractivity contribution is -0.143. The van der Waals surface area contributed by atoms with Crippen LogP contribution in [0, 0.1) is 17.7 Å². The Hall–Kier alpha value is -1.38. The summed E-state index contributed by atoms with van der Waals surface area (Å²) in [4.78, 5) is 11.0. The van der Waals surface area contributed by atoms with Crippen LogP contribution in [0.5, 0.6) is 0 Å². The second-order valence-electron chi connectivity index (χ2n) is 4.71. The molecule has 0 aliphatic rings. The minimum Gasteiger partial charge on any atom is -0.481 e. The first-order valence-corrected chi connectivity index (χ1v) is 5.98. The average Bonchev–Trinajstić information content (AvgIpc) is 2.25. The smallest absolute Gasteiger partial charge is 0.306 e. The van der Waals surface area contributed by atoms with Crippen molar-refractivity contribution in [1.82, 2.24) is 0 Å². The maximum absolute atomic E-state index is 12.7. The second-order valence-corrected chi connectivity index (χ2v) is 4.71. The third-order valence-electron chi connectivity index (χ3n) is 3.02. The van der Waals surface area contributed by atoms with Gasteiger partial charge in [0.2, 0.25) is 0 Å². The van der Waals surface area contributed by atoms with Crippen LogP contribution >= 0.6 is 0 Å². The van der Waals surface area contributed by atoms with Crippen LogP contribution in [0.3, 0.4) is 0 Å². The topological polar surface area (TPSA) is 37.3 Å². The molecule has 1 unspecified atom stereocenters. The van der Waals surface area contributed by atoms with Gasteiger partial charge in [0.1, 0.15) is 5.82 Å². The van der Waals surface area contributed by atoms with Crippen molar-refractivity contribution in [1.29, 1.82) is 0 Å². The second kappa shape index (κ2) is 6.38. The molecule has 3 heteroatoms. The molecular weight excluding hydrogens is 219 g/mol. The summed E-state index contributed by atoms with van der Waals surface area (Å²) in [5.74, 6) is -1.09. The molecule has 0 spiro atoms. The van der Waals surface area contributed by atoms with Crippen LogP contribution in [0.2, 0.25) is 0 Å². The number of carbonyl (C=O) groups is 1. The molecule has 0 saturated heterocycles. The average molecular weight is 238 g/mol. The van der Waals surface area contributed by atoms with Crippen LogP contribution < -0.4 is 0 Å². The maximum atomic E-state index is 12.7. The summed E-state index contributed by atoms with van der Waals surface area (Å²) in [6.45, 7) is 3.85. The van der Waals surface area contributed by atoms with Crippen LogP contribution in [-0.4, -0.2) is 11.1 Å². The zero-order valence-electron chi connectivity index (χ0n) is 10.3. The Balaban J connectivity index is 2.41. The van der Waals surface area contributed by atoms with E-state index in [2.05, 4.69) is 0 Å². The summed E-state index contributed by atoms with van der Waals surface area (Å²) >= 11 is 0. The molecule has 0 saturated carbocycles. The van der Waals surface area contributed by atoms with Crippen molar-refractivity contribution in [3.63, 3.8) is 0 Å². The maximum Gasteiger partial charge on any atom is 0.306 e. The van der Waals surface area contributed by atoms with Gasteiger partial charge in [0.05, 0.1) is 5.92 Å². The van der Waals surface area contributed by atoms with E-state index in [0.717, 1.165) is 18.4 Å². The SMILES string of the molecule is CC(C)C(CCCc1ccc(F)cc1)C(=O)O. The molecule has 0 amide bonds. The number of hydrogen-bond acceptors (Lipinski definition) is 1. The molecule has 1 rings (SSSR count). The summed E-state index contributed by atoms with van der Waals surface area (Å²) < 4.78 is 12.7. The Bertz CT molecular complexity index is 357. The van der Waals surface area contributed by atoms with E-state index in [4.69, 9.17) is 5.11 Å². The zero-order valence-corrected chi connectivity index (χ0v) is 10.3. The Labute approximate surface area is 101 Å². The molecular formula is C14H19FO2. The van der Waals surface area contributed by atoms with Crippen molar-refractivity contribution < 1.29 is 14.3 Å². The van der Waals surface area contributed by atoms with Gasteiger partial charge in [0.15, 0.2) is 0 Å². The van der Waals surface area contributed by atoms with Gasteiger partial charge < -0.3 is 5.11 Å². The lowest BCUT2D eigenvalue weighted by atomic mass is 9.90. The Morgan fingerprint density at radius 3 is 2.35 bits per heavy atom. The van der Waals surface area contributed by atoms with Gasteiger partial charge in [-0.3, -0.25) is 4.79 Å². The normalized spacial score (nSPS) is 12.7. The van der Waals surface area contributed by atoms with Gasteiger partial charge in [-0.05, 0) is 42.9 Å². The van der Waals surface area contributed by atoms with Gasteiger partial charge in [-0.15, -0.1) is 0 Å². The molecule has 94 valence electrons. The van der Waals surface area contributed by atoms with Crippen molar-refractivity contribution >= 4 is 5.97 Å². The Morgan fingerprint density at radius 1 is 1.29 bits per heavy atom. The van der Waals surface area contributed by atoms with E-state index >= 15 is 0 Å². The number of hydrogen-bond donors (Lipinski definition) is 1. The molecule has 1 aromatic rings. The predicted molar refractivity (Wildman–Crippen MR) is 65.3 cm³/mol. The first kappa shape index (κ1) is 13.7. The van der Waals surface area contributed by atoms with Crippen LogP contribution in [0.1, 0.15) is 32.3 Å². The fourth-order valence-electron chi connectivity index (χ4n) is 1.92. The summed E-state index contributed by atoms with van der Waals surface area (Å²) in [6.07, 6.45) is 2.29. The van der Waals surface area contributed by atoms with Crippen LogP contribution in [0.15, 0.2) is 24.3 Å². The van der Waals surface area contributed by atoms with Crippen LogP contribution in [0.4, 0.5) is 4.39 Å². The predicted octanol–water partition coefficient (Wildman–Crippen LogP) is 3.51. The third kappa shape index (κ3) is 4.55. The Kier molecular flexibility index (Phi) is 5.13. The lowest BCUT2D eigenvalue weighted by Crippen LogP contribution is -2.19. The molecule has 0 aromatic heterocycles. The molecule has 1 N–H and O–H groups in total. The third-order valence-corrected chi connectivity index (χ3v) is 3.02. The molecule has 0 bridgehead atoms. The molecule has 0 radical (unpaired) electrons. The van der Waals surface area contributed by atoms with E-state index < -0.39 is 5.97 Å². The standard InChI is InChI=1S/C14H19FO2/c1-10(2)13(14(16)17)5-3-4-11-6-8-12(15)9-7-11/h6-10,13H,3-5H2,1-2H3,(H,16,17). The van der Waals surface area contributed by atoms with E-state index in [9.17, 15) is 9.18 Å². The fraction of sp³-hybridized carbons (Fsp3) is 0.500. The highest BCUT2D eigenvalue weighted by Crippen LogP contribution is 2.19. The monoisotopic (exact) mass is 238 g/mol. The van der Waals surface area contributed by atoms with Gasteiger partial charge >= 0.3 is 5.97 Å². The van der Waals surface area contributed by atoms with Crippen LogP contribution in [0.25, 0.3) is 0 Å². The molecule has 0 aliphatic heterocycles. The van der Waals surface area contributed by atoms with Crippen molar-refractivity contribution in [2.75, 3.05) is 0 Å². The number of benzene rings is 1. The number of aryl methyl sites for hydroxylation is 1. The first-order valence-electron chi connectivity index (χ1n) is 5.98. The molecule has 17 heavy (non-hydrogen) atoms. The molecule has 1 atom stereocenters. The summed E-state index contributed by atoms with van der Waals surface area (Å²) in [5.41, 5.74) is 1.05. The highest BCUT2D eigenvalue weighted by molar-refractivity contribution is 5.70. The van der Waals surface area contributed by atoms with Crippen LogP contribution in [-0.2, 0) is 11.2 Å². The number of halogens is 1. The van der Waals surface area contributed by atoms with Gasteiger partial charge in [0.25, 0.3) is 0 Å². The number of aliphatic carboxylic acids is 1. The van der Waals surface area contributed by atoms with E-state index in [1.807, 2.05) is 13.8 Å². The minimum absolute atomic E-state index is 0.153. The van der Waals surface area contributed by atoms with E-state index in [1.165, 1.54) is 12.1 Å². The highest BCUT2D eigenvalue weighted by atomic mass is 19.1. The molecule has 2 nitrogen and oxygen atoms in total. The fourth-order valence-corrected chi connectivity index (χ4v) is 1.92. The van der Waals surface area contributed by atoms with E-state index in [-0.39, 0.29) is 17.7 Å². The summed E-state index contributed by atoms with van der Waals surface area (Å²) in [5, 5.41) is 9.03. The lowest BCUT2D eigenvalue weighted by Gasteiger charge is -2.15. The summed E-state index contributed by atoms with van der Waals surface area (Å²) in [7, 11) is 0. The minimum atomic E-state index is -0.723. The molecule has 0 heterocycles. The Morgan fingerprint density at radius 2 is 1.88 bits per heavy atom. The van der Waals surface area contributed by atoms with Crippen molar-refractivity contribution in [3.8, 4) is 0 Å². The number of carboxylic acids is 1. The van der Waals surface area contributed by atoms with Crippen molar-refractivity contribution in [2.45, 2.75) is 33.1 Å². The molecule has 0 aliphatic carbocycles. The zero-order chi connectivity index (χ0) is 12.8. The van der Waals surface area contributed by atoms with Crippen molar-refractivity contribution in [3.05, 3.63) is 35.6 Å².